The molecule has 2 aromatic carbocycles. The van der Waals surface area contributed by atoms with Crippen molar-refractivity contribution in [3.05, 3.63) is 70.7 Å². The van der Waals surface area contributed by atoms with Crippen molar-refractivity contribution in [3.8, 4) is 0 Å². The quantitative estimate of drug-likeness (QED) is 0.683. The summed E-state index contributed by atoms with van der Waals surface area (Å²) in [5.74, 6) is 0.867. The zero-order chi connectivity index (χ0) is 15.9. The number of halogens is 1. The second-order valence-corrected chi connectivity index (χ2v) is 5.54. The summed E-state index contributed by atoms with van der Waals surface area (Å²) in [6.45, 7) is 2.99. The van der Waals surface area contributed by atoms with Gasteiger partial charge in [-0.05, 0) is 30.2 Å². The van der Waals surface area contributed by atoms with Crippen LogP contribution < -0.4 is 5.32 Å². The molecule has 0 saturated heterocycles. The van der Waals surface area contributed by atoms with Crippen LogP contribution in [0.5, 0.6) is 0 Å². The molecule has 4 heteroatoms. The summed E-state index contributed by atoms with van der Waals surface area (Å²) in [7, 11) is 3.83. The number of hydrogen-bond donors (Lipinski definition) is 1. The van der Waals surface area contributed by atoms with E-state index in [4.69, 9.17) is 11.6 Å². The largest absolute Gasteiger partial charge is 0.346 e. The van der Waals surface area contributed by atoms with Gasteiger partial charge in [0.15, 0.2) is 5.96 Å². The molecular weight excluding hydrogens is 294 g/mol. The van der Waals surface area contributed by atoms with Crippen molar-refractivity contribution in [2.24, 2.45) is 4.99 Å². The Morgan fingerprint density at radius 3 is 2.23 bits per heavy atom. The molecule has 0 aliphatic carbocycles. The number of aliphatic imine (C=N–C) groups is 1. The standard InChI is InChI=1S/C18H22ClN3/c1-4-22(3)18(20-2)21-17(14-8-6-5-7-9-14)15-10-12-16(19)13-11-15/h5-13,17H,4H2,1-3H3,(H,20,21). The zero-order valence-corrected chi connectivity index (χ0v) is 14.0. The average molecular weight is 316 g/mol. The van der Waals surface area contributed by atoms with Gasteiger partial charge < -0.3 is 10.2 Å². The maximum absolute atomic E-state index is 6.02. The maximum atomic E-state index is 6.02. The molecule has 1 N–H and O–H groups in total. The molecule has 22 heavy (non-hydrogen) atoms. The number of nitrogens with zero attached hydrogens (tertiary/aromatic N) is 2. The van der Waals surface area contributed by atoms with Crippen LogP contribution in [0.3, 0.4) is 0 Å². The molecule has 0 aliphatic heterocycles. The lowest BCUT2D eigenvalue weighted by Crippen LogP contribution is -2.41. The van der Waals surface area contributed by atoms with E-state index in [2.05, 4.69) is 34.3 Å². The van der Waals surface area contributed by atoms with E-state index in [1.165, 1.54) is 5.56 Å². The van der Waals surface area contributed by atoms with Gasteiger partial charge >= 0.3 is 0 Å². The number of rotatable bonds is 4. The van der Waals surface area contributed by atoms with Gasteiger partial charge in [-0.1, -0.05) is 54.1 Å². The normalized spacial score (nSPS) is 12.8. The number of hydrogen-bond acceptors (Lipinski definition) is 1. The van der Waals surface area contributed by atoms with Crippen molar-refractivity contribution in [2.45, 2.75) is 13.0 Å². The highest BCUT2D eigenvalue weighted by Crippen LogP contribution is 2.23. The van der Waals surface area contributed by atoms with Gasteiger partial charge in [0.25, 0.3) is 0 Å². The Bertz CT molecular complexity index is 608. The molecule has 0 bridgehead atoms. The van der Waals surface area contributed by atoms with Crippen molar-refractivity contribution in [1.29, 1.82) is 0 Å². The van der Waals surface area contributed by atoms with Crippen LogP contribution in [0.1, 0.15) is 24.1 Å². The topological polar surface area (TPSA) is 27.6 Å². The molecular formula is C18H22ClN3. The second-order valence-electron chi connectivity index (χ2n) is 5.10. The number of nitrogens with one attached hydrogen (secondary N) is 1. The second kappa shape index (κ2) is 7.85. The third kappa shape index (κ3) is 4.01. The van der Waals surface area contributed by atoms with Crippen molar-refractivity contribution in [3.63, 3.8) is 0 Å². The minimum atomic E-state index is 0.0335. The average Bonchev–Trinajstić information content (AvgIpc) is 2.57. The third-order valence-corrected chi connectivity index (χ3v) is 3.91. The van der Waals surface area contributed by atoms with Gasteiger partial charge in [-0.2, -0.15) is 0 Å². The summed E-state index contributed by atoms with van der Waals surface area (Å²) in [5.41, 5.74) is 2.34. The lowest BCUT2D eigenvalue weighted by atomic mass is 9.99. The SMILES string of the molecule is CCN(C)/C(=N/C)NC(c1ccccc1)c1ccc(Cl)cc1. The van der Waals surface area contributed by atoms with E-state index in [-0.39, 0.29) is 6.04 Å². The van der Waals surface area contributed by atoms with Crippen LogP contribution in [-0.4, -0.2) is 31.5 Å². The van der Waals surface area contributed by atoms with Gasteiger partial charge in [-0.25, -0.2) is 0 Å². The van der Waals surface area contributed by atoms with Gasteiger partial charge in [0.1, 0.15) is 0 Å². The molecule has 0 radical (unpaired) electrons. The van der Waals surface area contributed by atoms with Crippen LogP contribution in [0.4, 0.5) is 0 Å². The van der Waals surface area contributed by atoms with Crippen LogP contribution in [0.25, 0.3) is 0 Å². The van der Waals surface area contributed by atoms with Crippen LogP contribution in [0.15, 0.2) is 59.6 Å². The van der Waals surface area contributed by atoms with E-state index in [9.17, 15) is 0 Å². The summed E-state index contributed by atoms with van der Waals surface area (Å²) in [4.78, 5) is 6.46. The Kier molecular flexibility index (Phi) is 5.84. The monoisotopic (exact) mass is 315 g/mol. The smallest absolute Gasteiger partial charge is 0.194 e. The van der Waals surface area contributed by atoms with E-state index in [1.807, 2.05) is 49.5 Å². The minimum absolute atomic E-state index is 0.0335. The third-order valence-electron chi connectivity index (χ3n) is 3.66. The Labute approximate surface area is 137 Å². The predicted molar refractivity (Wildman–Crippen MR) is 94.5 cm³/mol. The first-order valence-electron chi connectivity index (χ1n) is 7.40. The molecule has 0 aromatic heterocycles. The van der Waals surface area contributed by atoms with Gasteiger partial charge in [0, 0.05) is 25.7 Å². The fourth-order valence-electron chi connectivity index (χ4n) is 2.28. The molecule has 2 rings (SSSR count). The zero-order valence-electron chi connectivity index (χ0n) is 13.3. The Balaban J connectivity index is 2.36. The summed E-state index contributed by atoms with van der Waals surface area (Å²) in [6.07, 6.45) is 0. The van der Waals surface area contributed by atoms with E-state index < -0.39 is 0 Å². The molecule has 0 saturated carbocycles. The van der Waals surface area contributed by atoms with Crippen molar-refractivity contribution in [2.75, 3.05) is 20.6 Å². The summed E-state index contributed by atoms with van der Waals surface area (Å²) < 4.78 is 0. The van der Waals surface area contributed by atoms with E-state index >= 15 is 0 Å². The Morgan fingerprint density at radius 1 is 1.09 bits per heavy atom. The lowest BCUT2D eigenvalue weighted by Gasteiger charge is -2.27. The van der Waals surface area contributed by atoms with Gasteiger partial charge in [-0.3, -0.25) is 4.99 Å². The Hall–Kier alpha value is -2.00. The number of guanidine groups is 1. The van der Waals surface area contributed by atoms with Gasteiger partial charge in [0.2, 0.25) is 0 Å². The van der Waals surface area contributed by atoms with Crippen LogP contribution in [0, 0.1) is 0 Å². The van der Waals surface area contributed by atoms with Gasteiger partial charge in [-0.15, -0.1) is 0 Å². The lowest BCUT2D eigenvalue weighted by molar-refractivity contribution is 0.499. The first-order chi connectivity index (χ1) is 10.7. The first kappa shape index (κ1) is 16.4. The van der Waals surface area contributed by atoms with Crippen molar-refractivity contribution >= 4 is 17.6 Å². The maximum Gasteiger partial charge on any atom is 0.194 e. The highest BCUT2D eigenvalue weighted by Gasteiger charge is 2.17. The molecule has 0 aliphatic rings. The fourth-order valence-corrected chi connectivity index (χ4v) is 2.41. The molecule has 2 aromatic rings. The van der Waals surface area contributed by atoms with Crippen LogP contribution >= 0.6 is 11.6 Å². The summed E-state index contributed by atoms with van der Waals surface area (Å²) in [5, 5.41) is 4.28. The van der Waals surface area contributed by atoms with E-state index in [1.54, 1.807) is 7.05 Å². The highest BCUT2D eigenvalue weighted by atomic mass is 35.5. The van der Waals surface area contributed by atoms with Crippen LogP contribution in [-0.2, 0) is 0 Å². The molecule has 0 amide bonds. The predicted octanol–water partition coefficient (Wildman–Crippen LogP) is 3.96. The summed E-state index contributed by atoms with van der Waals surface area (Å²) >= 11 is 6.02. The van der Waals surface area contributed by atoms with E-state index in [0.29, 0.717) is 0 Å². The summed E-state index contributed by atoms with van der Waals surface area (Å²) in [6, 6.07) is 18.3. The molecule has 1 atom stereocenters. The highest BCUT2D eigenvalue weighted by molar-refractivity contribution is 6.30. The molecule has 1 unspecified atom stereocenters. The fraction of sp³-hybridized carbons (Fsp3) is 0.278. The molecule has 0 fully saturated rings. The van der Waals surface area contributed by atoms with Crippen molar-refractivity contribution in [1.82, 2.24) is 10.2 Å². The van der Waals surface area contributed by atoms with E-state index in [0.717, 1.165) is 23.1 Å². The van der Waals surface area contributed by atoms with Crippen molar-refractivity contribution < 1.29 is 0 Å². The molecule has 0 spiro atoms. The van der Waals surface area contributed by atoms with Crippen LogP contribution in [0.2, 0.25) is 5.02 Å². The Morgan fingerprint density at radius 2 is 1.68 bits per heavy atom. The molecule has 116 valence electrons. The molecule has 3 nitrogen and oxygen atoms in total. The van der Waals surface area contributed by atoms with Gasteiger partial charge in [0.05, 0.1) is 6.04 Å². The molecule has 0 heterocycles. The number of benzene rings is 2. The minimum Gasteiger partial charge on any atom is -0.346 e. The first-order valence-corrected chi connectivity index (χ1v) is 7.78.